The molecule has 0 aromatic carbocycles. The average Bonchev–Trinajstić information content (AvgIpc) is 3.25. The third kappa shape index (κ3) is 11.5. The van der Waals surface area contributed by atoms with Gasteiger partial charge in [0.05, 0.1) is 18.5 Å². The summed E-state index contributed by atoms with van der Waals surface area (Å²) in [5.74, 6) is -5.25. The molecule has 1 rings (SSSR count). The van der Waals surface area contributed by atoms with Gasteiger partial charge in [-0.2, -0.15) is 0 Å². The summed E-state index contributed by atoms with van der Waals surface area (Å²) in [7, 11) is 3.33. The number of likely N-dealkylation sites (N-methyl/N-ethyl adjacent to an activating group) is 2. The van der Waals surface area contributed by atoms with Crippen LogP contribution in [0.5, 0.6) is 0 Å². The van der Waals surface area contributed by atoms with Crippen molar-refractivity contribution in [2.75, 3.05) is 20.8 Å². The van der Waals surface area contributed by atoms with Crippen molar-refractivity contribution in [3.63, 3.8) is 0 Å². The number of hydrogen-bond acceptors (Lipinski definition) is 8. The minimum atomic E-state index is -1.24. The summed E-state index contributed by atoms with van der Waals surface area (Å²) in [6, 6.07) is -1.90. The summed E-state index contributed by atoms with van der Waals surface area (Å²) in [4.78, 5) is 90.3. The van der Waals surface area contributed by atoms with Gasteiger partial charge in [-0.15, -0.1) is 0 Å². The standard InChI is InChI=1S/C33H53N5O8/c1-19(2)22(37(11)31(46)28(33(7,8)9)36-30(45)27(34-10)32(4,5)6)16-20(3)23(39)13-12-21(17-26(42)43)29(44)35-18-38-24(40)14-15-25(38)41/h14-16,19,21-22,27-28,34H,12-13,17-18H2,1-11H3,(H,35,44)(H,36,45)(H,42,43)/b20-16+/t21?,22-,27-,28-/m1/s1. The van der Waals surface area contributed by atoms with Crippen molar-refractivity contribution in [1.29, 1.82) is 0 Å². The first kappa shape index (κ1) is 40.2. The molecule has 13 heteroatoms. The maximum atomic E-state index is 13.9. The van der Waals surface area contributed by atoms with Gasteiger partial charge in [-0.25, -0.2) is 0 Å². The zero-order valence-corrected chi connectivity index (χ0v) is 29.1. The molecular formula is C33H53N5O8. The summed E-state index contributed by atoms with van der Waals surface area (Å²) in [5.41, 5.74) is -0.685. The van der Waals surface area contributed by atoms with Crippen molar-refractivity contribution in [2.45, 2.75) is 99.7 Å². The summed E-state index contributed by atoms with van der Waals surface area (Å²) in [5, 5.41) is 17.7. The first-order valence-electron chi connectivity index (χ1n) is 15.5. The van der Waals surface area contributed by atoms with Crippen LogP contribution in [0.4, 0.5) is 0 Å². The molecule has 1 aliphatic heterocycles. The molecule has 0 fully saturated rings. The fourth-order valence-electron chi connectivity index (χ4n) is 5.21. The second-order valence-electron chi connectivity index (χ2n) is 14.3. The van der Waals surface area contributed by atoms with Crippen molar-refractivity contribution in [2.24, 2.45) is 22.7 Å². The van der Waals surface area contributed by atoms with Gasteiger partial charge in [-0.05, 0) is 42.7 Å². The highest BCUT2D eigenvalue weighted by molar-refractivity contribution is 6.13. The molecular weight excluding hydrogens is 594 g/mol. The summed E-state index contributed by atoms with van der Waals surface area (Å²) < 4.78 is 0. The average molecular weight is 648 g/mol. The van der Waals surface area contributed by atoms with E-state index in [1.165, 1.54) is 4.90 Å². The number of carbonyl (C=O) groups is 7. The zero-order chi connectivity index (χ0) is 35.7. The van der Waals surface area contributed by atoms with Gasteiger partial charge in [0, 0.05) is 31.5 Å². The van der Waals surface area contributed by atoms with E-state index >= 15 is 0 Å². The van der Waals surface area contributed by atoms with Crippen molar-refractivity contribution in [3.8, 4) is 0 Å². The second kappa shape index (κ2) is 16.6. The molecule has 1 heterocycles. The Morgan fingerprint density at radius 3 is 1.89 bits per heavy atom. The van der Waals surface area contributed by atoms with Crippen LogP contribution in [-0.4, -0.2) is 95.1 Å². The topological polar surface area (TPSA) is 182 Å². The van der Waals surface area contributed by atoms with Crippen LogP contribution in [0.25, 0.3) is 0 Å². The number of nitrogens with zero attached hydrogens (tertiary/aromatic N) is 2. The predicted octanol–water partition coefficient (Wildman–Crippen LogP) is 2.02. The maximum absolute atomic E-state index is 13.9. The Morgan fingerprint density at radius 2 is 1.46 bits per heavy atom. The molecule has 0 aromatic heterocycles. The molecule has 258 valence electrons. The molecule has 0 spiro atoms. The quantitative estimate of drug-likeness (QED) is 0.144. The van der Waals surface area contributed by atoms with E-state index in [1.807, 2.05) is 55.4 Å². The summed E-state index contributed by atoms with van der Waals surface area (Å²) >= 11 is 0. The van der Waals surface area contributed by atoms with Gasteiger partial charge in [0.25, 0.3) is 11.8 Å². The summed E-state index contributed by atoms with van der Waals surface area (Å²) in [6.07, 6.45) is 3.05. The van der Waals surface area contributed by atoms with Gasteiger partial charge in [-0.3, -0.25) is 38.5 Å². The maximum Gasteiger partial charge on any atom is 0.304 e. The van der Waals surface area contributed by atoms with Crippen LogP contribution in [0.2, 0.25) is 0 Å². The lowest BCUT2D eigenvalue weighted by Crippen LogP contribution is -2.60. The smallest absolute Gasteiger partial charge is 0.304 e. The number of carboxylic acid groups (broad SMARTS) is 1. The van der Waals surface area contributed by atoms with Crippen LogP contribution in [0.15, 0.2) is 23.8 Å². The number of imide groups is 1. The van der Waals surface area contributed by atoms with E-state index in [-0.39, 0.29) is 36.4 Å². The number of amides is 5. The fraction of sp³-hybridized carbons (Fsp3) is 0.667. The van der Waals surface area contributed by atoms with Gasteiger partial charge in [0.1, 0.15) is 12.7 Å². The van der Waals surface area contributed by atoms with Crippen LogP contribution in [-0.2, 0) is 33.6 Å². The number of ketones is 1. The Labute approximate surface area is 272 Å². The SMILES string of the molecule is CN[C@H](C(=O)N[C@H](C(=O)N(C)[C@H](/C=C(\C)C(=O)CCC(CC(=O)O)C(=O)NCN1C(=O)C=CC1=O)C(C)C)C(C)(C)C)C(C)(C)C. The highest BCUT2D eigenvalue weighted by Crippen LogP contribution is 2.26. The first-order valence-corrected chi connectivity index (χ1v) is 15.5. The zero-order valence-electron chi connectivity index (χ0n) is 29.1. The lowest BCUT2D eigenvalue weighted by atomic mass is 9.83. The Hall–Kier alpha value is -3.87. The molecule has 0 saturated carbocycles. The van der Waals surface area contributed by atoms with Crippen molar-refractivity contribution in [1.82, 2.24) is 25.8 Å². The van der Waals surface area contributed by atoms with E-state index in [0.29, 0.717) is 5.57 Å². The normalized spacial score (nSPS) is 16.6. The van der Waals surface area contributed by atoms with E-state index < -0.39 is 71.7 Å². The molecule has 0 aliphatic carbocycles. The van der Waals surface area contributed by atoms with Gasteiger partial charge >= 0.3 is 5.97 Å². The van der Waals surface area contributed by atoms with E-state index in [9.17, 15) is 38.7 Å². The molecule has 0 aromatic rings. The molecule has 13 nitrogen and oxygen atoms in total. The Morgan fingerprint density at radius 1 is 0.935 bits per heavy atom. The third-order valence-electron chi connectivity index (χ3n) is 7.98. The Balaban J connectivity index is 3.09. The highest BCUT2D eigenvalue weighted by atomic mass is 16.4. The first-order chi connectivity index (χ1) is 21.0. The van der Waals surface area contributed by atoms with Crippen molar-refractivity contribution < 1.29 is 38.7 Å². The fourth-order valence-corrected chi connectivity index (χ4v) is 5.21. The van der Waals surface area contributed by atoms with E-state index in [2.05, 4.69) is 16.0 Å². The summed E-state index contributed by atoms with van der Waals surface area (Å²) in [6.45, 7) is 16.4. The largest absolute Gasteiger partial charge is 0.481 e. The molecule has 0 saturated heterocycles. The highest BCUT2D eigenvalue weighted by Gasteiger charge is 2.40. The van der Waals surface area contributed by atoms with Crippen LogP contribution >= 0.6 is 0 Å². The molecule has 0 radical (unpaired) electrons. The molecule has 4 atom stereocenters. The minimum Gasteiger partial charge on any atom is -0.481 e. The lowest BCUT2D eigenvalue weighted by molar-refractivity contribution is -0.143. The van der Waals surface area contributed by atoms with Gasteiger partial charge < -0.3 is 26.0 Å². The Bertz CT molecular complexity index is 1220. The van der Waals surface area contributed by atoms with Crippen LogP contribution < -0.4 is 16.0 Å². The van der Waals surface area contributed by atoms with E-state index in [1.54, 1.807) is 27.1 Å². The number of hydrogen-bond donors (Lipinski definition) is 4. The number of aliphatic carboxylic acids is 1. The van der Waals surface area contributed by atoms with Crippen molar-refractivity contribution in [3.05, 3.63) is 23.8 Å². The van der Waals surface area contributed by atoms with Gasteiger partial charge in [0.2, 0.25) is 17.7 Å². The molecule has 5 amide bonds. The third-order valence-corrected chi connectivity index (χ3v) is 7.98. The Kier molecular flexibility index (Phi) is 14.5. The van der Waals surface area contributed by atoms with Crippen LogP contribution in [0.3, 0.4) is 0 Å². The lowest BCUT2D eigenvalue weighted by Gasteiger charge is -2.39. The number of nitrogens with one attached hydrogen (secondary N) is 3. The van der Waals surface area contributed by atoms with Crippen LogP contribution in [0.1, 0.15) is 81.6 Å². The van der Waals surface area contributed by atoms with Crippen molar-refractivity contribution >= 4 is 41.3 Å². The van der Waals surface area contributed by atoms with Gasteiger partial charge in [-0.1, -0.05) is 61.5 Å². The molecule has 4 N–H and O–H groups in total. The van der Waals surface area contributed by atoms with Gasteiger partial charge in [0.15, 0.2) is 5.78 Å². The van der Waals surface area contributed by atoms with E-state index in [0.717, 1.165) is 17.1 Å². The number of rotatable bonds is 16. The predicted molar refractivity (Wildman–Crippen MR) is 173 cm³/mol. The number of carbonyl (C=O) groups excluding carboxylic acids is 6. The van der Waals surface area contributed by atoms with Crippen LogP contribution in [0, 0.1) is 22.7 Å². The molecule has 1 unspecified atom stereocenters. The molecule has 1 aliphatic rings. The molecule has 46 heavy (non-hydrogen) atoms. The number of carboxylic acids is 1. The molecule has 0 bridgehead atoms. The minimum absolute atomic E-state index is 0.0814. The number of Topliss-reactive ketones (excluding diaryl/α,β-unsaturated/α-hetero) is 1. The number of allylic oxidation sites excluding steroid dienone is 1. The van der Waals surface area contributed by atoms with E-state index in [4.69, 9.17) is 0 Å². The monoisotopic (exact) mass is 647 g/mol. The second-order valence-corrected chi connectivity index (χ2v) is 14.3.